The van der Waals surface area contributed by atoms with Crippen LogP contribution in [0.1, 0.15) is 32.8 Å². The first-order valence-electron chi connectivity index (χ1n) is 8.19. The summed E-state index contributed by atoms with van der Waals surface area (Å²) >= 11 is 0. The second-order valence-electron chi connectivity index (χ2n) is 7.36. The number of amides is 1. The zero-order valence-corrected chi connectivity index (χ0v) is 15.0. The third-order valence-electron chi connectivity index (χ3n) is 3.99. The molecule has 0 radical (unpaired) electrons. The zero-order chi connectivity index (χ0) is 18.8. The molecule has 2 rings (SSSR count). The van der Waals surface area contributed by atoms with E-state index in [-0.39, 0.29) is 17.2 Å². The van der Waals surface area contributed by atoms with Crippen LogP contribution >= 0.6 is 0 Å². The smallest absolute Gasteiger partial charge is 0.410 e. The molecule has 1 aromatic rings. The van der Waals surface area contributed by atoms with Crippen LogP contribution in [0.5, 0.6) is 0 Å². The monoisotopic (exact) mass is 351 g/mol. The Hall–Kier alpha value is -2.36. The van der Waals surface area contributed by atoms with Crippen LogP contribution < -0.4 is 4.90 Å². The van der Waals surface area contributed by atoms with Gasteiger partial charge in [0.2, 0.25) is 0 Å². The molecule has 1 unspecified atom stereocenters. The highest BCUT2D eigenvalue weighted by molar-refractivity contribution is 5.67. The minimum absolute atomic E-state index is 0.0424. The molecule has 25 heavy (non-hydrogen) atoms. The Balaban J connectivity index is 2.01. The topological polar surface area (TPSA) is 56.6 Å². The lowest BCUT2D eigenvalue weighted by Gasteiger charge is -2.26. The number of halogens is 2. The van der Waals surface area contributed by atoms with Gasteiger partial charge in [-0.25, -0.2) is 13.6 Å². The molecule has 1 fully saturated rings. The molecule has 1 aliphatic rings. The number of rotatable bonds is 3. The Morgan fingerprint density at radius 3 is 2.52 bits per heavy atom. The number of nitrogens with zero attached hydrogens (tertiary/aromatic N) is 3. The maximum Gasteiger partial charge on any atom is 0.410 e. The number of carbonyl (C=O) groups is 1. The predicted molar refractivity (Wildman–Crippen MR) is 90.3 cm³/mol. The summed E-state index contributed by atoms with van der Waals surface area (Å²) in [6, 6.07) is 3.82. The number of nitriles is 1. The second-order valence-corrected chi connectivity index (χ2v) is 7.36. The van der Waals surface area contributed by atoms with Crippen molar-refractivity contribution in [3.63, 3.8) is 0 Å². The summed E-state index contributed by atoms with van der Waals surface area (Å²) in [6.07, 6.45) is 0.299. The fourth-order valence-electron chi connectivity index (χ4n) is 2.92. The van der Waals surface area contributed by atoms with Crippen molar-refractivity contribution in [2.75, 3.05) is 31.6 Å². The van der Waals surface area contributed by atoms with Crippen LogP contribution in [0.15, 0.2) is 12.1 Å². The molecule has 1 aromatic carbocycles. The molecule has 1 saturated heterocycles. The molecule has 0 N–H and O–H groups in total. The quantitative estimate of drug-likeness (QED) is 0.836. The number of benzene rings is 1. The van der Waals surface area contributed by atoms with Crippen LogP contribution in [0.2, 0.25) is 0 Å². The summed E-state index contributed by atoms with van der Waals surface area (Å²) in [5.74, 6) is -1.39. The molecule has 0 aromatic heterocycles. The zero-order valence-electron chi connectivity index (χ0n) is 15.0. The fourth-order valence-corrected chi connectivity index (χ4v) is 2.92. The van der Waals surface area contributed by atoms with Crippen molar-refractivity contribution in [1.82, 2.24) is 4.90 Å². The molecule has 0 aliphatic carbocycles. The third-order valence-corrected chi connectivity index (χ3v) is 3.99. The van der Waals surface area contributed by atoms with Crippen molar-refractivity contribution < 1.29 is 18.3 Å². The summed E-state index contributed by atoms with van der Waals surface area (Å²) in [7, 11) is 1.65. The summed E-state index contributed by atoms with van der Waals surface area (Å²) in [5.41, 5.74) is -0.720. The van der Waals surface area contributed by atoms with Gasteiger partial charge in [0.25, 0.3) is 0 Å². The van der Waals surface area contributed by atoms with Gasteiger partial charge in [0.15, 0.2) is 11.6 Å². The van der Waals surface area contributed by atoms with E-state index in [1.54, 1.807) is 38.8 Å². The number of hydrogen-bond acceptors (Lipinski definition) is 4. The van der Waals surface area contributed by atoms with E-state index in [9.17, 15) is 13.6 Å². The largest absolute Gasteiger partial charge is 0.444 e. The molecule has 1 aliphatic heterocycles. The lowest BCUT2D eigenvalue weighted by atomic mass is 10.1. The highest BCUT2D eigenvalue weighted by Gasteiger charge is 2.29. The van der Waals surface area contributed by atoms with Crippen molar-refractivity contribution in [2.45, 2.75) is 32.8 Å². The summed E-state index contributed by atoms with van der Waals surface area (Å²) in [6.45, 7) is 6.77. The van der Waals surface area contributed by atoms with E-state index in [0.717, 1.165) is 12.1 Å². The summed E-state index contributed by atoms with van der Waals surface area (Å²) in [5, 5.41) is 8.77. The van der Waals surface area contributed by atoms with Gasteiger partial charge in [-0.2, -0.15) is 5.26 Å². The molecule has 5 nitrogen and oxygen atoms in total. The summed E-state index contributed by atoms with van der Waals surface area (Å²) < 4.78 is 33.6. The van der Waals surface area contributed by atoms with Gasteiger partial charge < -0.3 is 14.5 Å². The van der Waals surface area contributed by atoms with Crippen molar-refractivity contribution >= 4 is 11.8 Å². The minimum atomic E-state index is -0.738. The summed E-state index contributed by atoms with van der Waals surface area (Å²) in [4.78, 5) is 15.1. The molecule has 7 heteroatoms. The fraction of sp³-hybridized carbons (Fsp3) is 0.556. The third kappa shape index (κ3) is 4.81. The average Bonchev–Trinajstić information content (AvgIpc) is 2.92. The lowest BCUT2D eigenvalue weighted by molar-refractivity contribution is 0.0277. The van der Waals surface area contributed by atoms with E-state index in [4.69, 9.17) is 10.00 Å². The van der Waals surface area contributed by atoms with Crippen LogP contribution in [0.3, 0.4) is 0 Å². The maximum atomic E-state index is 14.1. The normalized spacial score (nSPS) is 17.3. The first-order valence-corrected chi connectivity index (χ1v) is 8.19. The van der Waals surface area contributed by atoms with Crippen LogP contribution in [0, 0.1) is 28.9 Å². The van der Waals surface area contributed by atoms with E-state index < -0.39 is 23.3 Å². The van der Waals surface area contributed by atoms with E-state index in [0.29, 0.717) is 26.1 Å². The van der Waals surface area contributed by atoms with Crippen LogP contribution in [-0.4, -0.2) is 43.3 Å². The van der Waals surface area contributed by atoms with E-state index >= 15 is 0 Å². The van der Waals surface area contributed by atoms with Crippen LogP contribution in [0.25, 0.3) is 0 Å². The van der Waals surface area contributed by atoms with E-state index in [2.05, 4.69) is 0 Å². The first kappa shape index (κ1) is 19.0. The van der Waals surface area contributed by atoms with Gasteiger partial charge in [0, 0.05) is 26.7 Å². The van der Waals surface area contributed by atoms with Gasteiger partial charge in [-0.3, -0.25) is 0 Å². The van der Waals surface area contributed by atoms with Crippen LogP contribution in [-0.2, 0) is 4.74 Å². The average molecular weight is 351 g/mol. The highest BCUT2D eigenvalue weighted by atomic mass is 19.1. The van der Waals surface area contributed by atoms with Crippen LogP contribution in [0.4, 0.5) is 19.3 Å². The Morgan fingerprint density at radius 1 is 1.40 bits per heavy atom. The van der Waals surface area contributed by atoms with Gasteiger partial charge >= 0.3 is 6.09 Å². The standard InChI is InChI=1S/C18H23F2N3O2/c1-18(2,3)25-17(24)22(4)10-12-5-6-23(11-12)16-14(19)7-13(9-21)8-15(16)20/h7-8,12H,5-6,10-11H2,1-4H3. The second kappa shape index (κ2) is 7.26. The highest BCUT2D eigenvalue weighted by Crippen LogP contribution is 2.30. The molecule has 0 spiro atoms. The molecule has 1 heterocycles. The molecule has 1 amide bonds. The molecule has 0 bridgehead atoms. The number of carbonyl (C=O) groups excluding carboxylic acids is 1. The van der Waals surface area contributed by atoms with E-state index in [1.807, 2.05) is 0 Å². The molecular weight excluding hydrogens is 328 g/mol. The van der Waals surface area contributed by atoms with Gasteiger partial charge in [-0.05, 0) is 45.2 Å². The number of anilines is 1. The molecule has 0 saturated carbocycles. The molecular formula is C18H23F2N3O2. The Kier molecular flexibility index (Phi) is 5.51. The van der Waals surface area contributed by atoms with Crippen molar-refractivity contribution in [2.24, 2.45) is 5.92 Å². The Bertz CT molecular complexity index is 672. The SMILES string of the molecule is CN(CC1CCN(c2c(F)cc(C#N)cc2F)C1)C(=O)OC(C)(C)C. The van der Waals surface area contributed by atoms with Gasteiger partial charge in [-0.1, -0.05) is 0 Å². The van der Waals surface area contributed by atoms with Crippen molar-refractivity contribution in [1.29, 1.82) is 5.26 Å². The van der Waals surface area contributed by atoms with Gasteiger partial charge in [-0.15, -0.1) is 0 Å². The molecule has 1 atom stereocenters. The predicted octanol–water partition coefficient (Wildman–Crippen LogP) is 3.53. The number of hydrogen-bond donors (Lipinski definition) is 0. The van der Waals surface area contributed by atoms with Crippen molar-refractivity contribution in [3.05, 3.63) is 29.3 Å². The van der Waals surface area contributed by atoms with Gasteiger partial charge in [0.1, 0.15) is 11.3 Å². The van der Waals surface area contributed by atoms with E-state index in [1.165, 1.54) is 4.90 Å². The Morgan fingerprint density at radius 2 is 2.00 bits per heavy atom. The Labute approximate surface area is 146 Å². The van der Waals surface area contributed by atoms with Crippen molar-refractivity contribution in [3.8, 4) is 6.07 Å². The van der Waals surface area contributed by atoms with Gasteiger partial charge in [0.05, 0.1) is 11.6 Å². The maximum absolute atomic E-state index is 14.1. The number of ether oxygens (including phenoxy) is 1. The minimum Gasteiger partial charge on any atom is -0.444 e. The lowest BCUT2D eigenvalue weighted by Crippen LogP contribution is -2.37. The molecule has 136 valence electrons. The first-order chi connectivity index (χ1) is 11.6.